The number of sulfonamides is 1. The molecule has 1 fully saturated rings. The molecular formula is C20H25N4O4S+. The van der Waals surface area contributed by atoms with Crippen molar-refractivity contribution in [3.63, 3.8) is 0 Å². The van der Waals surface area contributed by atoms with Gasteiger partial charge in [-0.3, -0.25) is 9.59 Å². The van der Waals surface area contributed by atoms with Crippen molar-refractivity contribution in [2.24, 2.45) is 5.14 Å². The molecule has 1 aliphatic rings. The van der Waals surface area contributed by atoms with Gasteiger partial charge in [0.15, 0.2) is 6.54 Å². The number of nitrogens with one attached hydrogen (secondary N) is 2. The molecule has 0 bridgehead atoms. The minimum Gasteiger partial charge on any atom is -0.349 e. The molecule has 0 saturated heterocycles. The van der Waals surface area contributed by atoms with Gasteiger partial charge in [0.1, 0.15) is 6.04 Å². The van der Waals surface area contributed by atoms with Crippen LogP contribution in [0.2, 0.25) is 0 Å². The van der Waals surface area contributed by atoms with Gasteiger partial charge < -0.3 is 16.0 Å². The average Bonchev–Trinajstić information content (AvgIpc) is 3.50. The third-order valence-corrected chi connectivity index (χ3v) is 5.68. The van der Waals surface area contributed by atoms with E-state index in [0.29, 0.717) is 11.3 Å². The van der Waals surface area contributed by atoms with Crippen molar-refractivity contribution in [1.82, 2.24) is 5.32 Å². The van der Waals surface area contributed by atoms with Gasteiger partial charge in [-0.15, -0.1) is 0 Å². The first kappa shape index (κ1) is 21.0. The molecule has 2 amide bonds. The van der Waals surface area contributed by atoms with Gasteiger partial charge in [-0.1, -0.05) is 24.3 Å². The van der Waals surface area contributed by atoms with E-state index < -0.39 is 10.0 Å². The second kappa shape index (κ2) is 8.73. The van der Waals surface area contributed by atoms with Gasteiger partial charge in [-0.2, -0.15) is 0 Å². The molecule has 0 aliphatic heterocycles. The minimum atomic E-state index is -3.73. The smallest absolute Gasteiger partial charge is 0.279 e. The number of carbonyl (C=O) groups excluding carboxylic acids is 2. The van der Waals surface area contributed by atoms with Crippen molar-refractivity contribution in [2.45, 2.75) is 36.7 Å². The van der Waals surface area contributed by atoms with Gasteiger partial charge in [-0.05, 0) is 44.0 Å². The molecule has 0 spiro atoms. The predicted octanol–water partition coefficient (Wildman–Crippen LogP) is 0.489. The van der Waals surface area contributed by atoms with Crippen LogP contribution in [0.4, 0.5) is 5.69 Å². The second-order valence-electron chi connectivity index (χ2n) is 7.18. The molecule has 1 saturated carbocycles. The number of hydrogen-bond acceptors (Lipinski definition) is 4. The summed E-state index contributed by atoms with van der Waals surface area (Å²) in [4.78, 5) is 24.7. The topological polar surface area (TPSA) is 135 Å². The highest BCUT2D eigenvalue weighted by Crippen LogP contribution is 2.21. The summed E-state index contributed by atoms with van der Waals surface area (Å²) in [5.41, 5.74) is 1.79. The number of para-hydroxylation sites is 1. The summed E-state index contributed by atoms with van der Waals surface area (Å²) in [6, 6.07) is 13.3. The second-order valence-corrected chi connectivity index (χ2v) is 8.75. The molecule has 3 rings (SSSR count). The van der Waals surface area contributed by atoms with E-state index >= 15 is 0 Å². The van der Waals surface area contributed by atoms with E-state index in [1.807, 2.05) is 12.2 Å². The monoisotopic (exact) mass is 417 g/mol. The highest BCUT2D eigenvalue weighted by Gasteiger charge is 2.25. The molecule has 1 atom stereocenters. The van der Waals surface area contributed by atoms with Crippen LogP contribution in [0.15, 0.2) is 53.4 Å². The fourth-order valence-electron chi connectivity index (χ4n) is 2.86. The molecular weight excluding hydrogens is 392 g/mol. The third kappa shape index (κ3) is 5.86. The zero-order chi connectivity index (χ0) is 21.0. The molecule has 154 valence electrons. The minimum absolute atomic E-state index is 0.0484. The number of rotatable bonds is 8. The van der Waals surface area contributed by atoms with E-state index in [1.165, 1.54) is 12.1 Å². The maximum Gasteiger partial charge on any atom is 0.279 e. The highest BCUT2D eigenvalue weighted by molar-refractivity contribution is 7.89. The number of carbonyl (C=O) groups is 2. The summed E-state index contributed by atoms with van der Waals surface area (Å²) in [6.45, 7) is 2.06. The zero-order valence-corrected chi connectivity index (χ0v) is 16.9. The summed E-state index contributed by atoms with van der Waals surface area (Å²) in [7, 11) is -3.73. The lowest BCUT2D eigenvalue weighted by molar-refractivity contribution is -0.682. The van der Waals surface area contributed by atoms with Crippen LogP contribution in [0.25, 0.3) is 0 Å². The Hall–Kier alpha value is -2.75. The van der Waals surface area contributed by atoms with Crippen LogP contribution in [0.1, 0.15) is 41.7 Å². The van der Waals surface area contributed by atoms with E-state index in [0.717, 1.165) is 18.4 Å². The summed E-state index contributed by atoms with van der Waals surface area (Å²) in [6.07, 6.45) is 1.98. The molecule has 0 heterocycles. The largest absolute Gasteiger partial charge is 0.349 e. The van der Waals surface area contributed by atoms with Gasteiger partial charge >= 0.3 is 0 Å². The van der Waals surface area contributed by atoms with Gasteiger partial charge in [0.05, 0.1) is 16.1 Å². The Balaban J connectivity index is 1.56. The van der Waals surface area contributed by atoms with Crippen molar-refractivity contribution in [1.29, 1.82) is 0 Å². The van der Waals surface area contributed by atoms with Crippen LogP contribution < -0.4 is 21.1 Å². The molecule has 0 unspecified atom stereocenters. The van der Waals surface area contributed by atoms with Crippen molar-refractivity contribution < 1.29 is 23.3 Å². The number of amides is 2. The molecule has 0 aromatic heterocycles. The zero-order valence-electron chi connectivity index (χ0n) is 16.1. The molecule has 29 heavy (non-hydrogen) atoms. The Kier molecular flexibility index (Phi) is 6.31. The van der Waals surface area contributed by atoms with Crippen molar-refractivity contribution in [3.8, 4) is 0 Å². The highest BCUT2D eigenvalue weighted by atomic mass is 32.2. The maximum atomic E-state index is 12.4. The number of benzene rings is 2. The number of primary sulfonamides is 1. The first-order chi connectivity index (χ1) is 13.7. The first-order valence-electron chi connectivity index (χ1n) is 9.40. The fourth-order valence-corrected chi connectivity index (χ4v) is 3.38. The lowest BCUT2D eigenvalue weighted by Crippen LogP contribution is -2.86. The Morgan fingerprint density at radius 3 is 2.41 bits per heavy atom. The van der Waals surface area contributed by atoms with Crippen LogP contribution in [-0.2, 0) is 14.8 Å². The van der Waals surface area contributed by atoms with E-state index in [1.54, 1.807) is 36.4 Å². The van der Waals surface area contributed by atoms with Crippen LogP contribution in [-0.4, -0.2) is 32.8 Å². The molecule has 6 N–H and O–H groups in total. The third-order valence-electron chi connectivity index (χ3n) is 4.75. The quantitative estimate of drug-likeness (QED) is 0.497. The first-order valence-corrected chi connectivity index (χ1v) is 10.9. The Morgan fingerprint density at radius 2 is 1.79 bits per heavy atom. The maximum absolute atomic E-state index is 12.4. The van der Waals surface area contributed by atoms with Crippen LogP contribution in [0.5, 0.6) is 0 Å². The van der Waals surface area contributed by atoms with Gasteiger partial charge in [0, 0.05) is 11.6 Å². The van der Waals surface area contributed by atoms with E-state index in [4.69, 9.17) is 5.14 Å². The van der Waals surface area contributed by atoms with Crippen LogP contribution in [0, 0.1) is 0 Å². The lowest BCUT2D eigenvalue weighted by Gasteiger charge is -2.13. The molecule has 2 aromatic carbocycles. The van der Waals surface area contributed by atoms with Crippen LogP contribution in [0.3, 0.4) is 0 Å². The van der Waals surface area contributed by atoms with Crippen molar-refractivity contribution in [3.05, 3.63) is 59.7 Å². The fraction of sp³-hybridized carbons (Fsp3) is 0.300. The Bertz CT molecular complexity index is 1000. The summed E-state index contributed by atoms with van der Waals surface area (Å²) in [5, 5.41) is 12.6. The Morgan fingerprint density at radius 1 is 1.14 bits per heavy atom. The summed E-state index contributed by atoms with van der Waals surface area (Å²) in [5.74, 6) is -0.416. The normalized spacial score (nSPS) is 14.8. The summed E-state index contributed by atoms with van der Waals surface area (Å²) < 4.78 is 22.7. The van der Waals surface area contributed by atoms with E-state index in [9.17, 15) is 18.0 Å². The number of nitrogens with two attached hydrogens (primary N) is 2. The van der Waals surface area contributed by atoms with Crippen molar-refractivity contribution in [2.75, 3.05) is 11.9 Å². The molecule has 1 aliphatic carbocycles. The molecule has 9 heteroatoms. The molecule has 0 radical (unpaired) electrons. The molecule has 8 nitrogen and oxygen atoms in total. The average molecular weight is 418 g/mol. The standard InChI is InChI=1S/C20H24N4O4S/c1-13(14-6-10-16(11-7-14)29(21,27)28)22-12-19(25)24-18-5-3-2-4-17(18)20(26)23-15-8-9-15/h2-7,10-11,13,15,22H,8-9,12H2,1H3,(H,23,26)(H,24,25)(H2,21,27,28)/p+1/t13-/m1/s1. The lowest BCUT2D eigenvalue weighted by atomic mass is 10.1. The number of quaternary nitrogens is 1. The van der Waals surface area contributed by atoms with Crippen molar-refractivity contribution >= 4 is 27.5 Å². The number of anilines is 1. The van der Waals surface area contributed by atoms with Gasteiger partial charge in [0.25, 0.3) is 11.8 Å². The Labute approximate surface area is 169 Å². The van der Waals surface area contributed by atoms with Gasteiger partial charge in [0.2, 0.25) is 10.0 Å². The van der Waals surface area contributed by atoms with E-state index in [2.05, 4.69) is 10.6 Å². The van der Waals surface area contributed by atoms with E-state index in [-0.39, 0.29) is 35.3 Å². The summed E-state index contributed by atoms with van der Waals surface area (Å²) >= 11 is 0. The SMILES string of the molecule is C[C@@H]([NH2+]CC(=O)Nc1ccccc1C(=O)NC1CC1)c1ccc(S(N)(=O)=O)cc1. The van der Waals surface area contributed by atoms with Gasteiger partial charge in [-0.25, -0.2) is 13.6 Å². The van der Waals surface area contributed by atoms with Crippen LogP contribution >= 0.6 is 0 Å². The predicted molar refractivity (Wildman–Crippen MR) is 109 cm³/mol. The number of hydrogen-bond donors (Lipinski definition) is 4. The molecule has 2 aromatic rings.